The molecule has 4 nitrogen and oxygen atoms in total. The minimum Gasteiger partial charge on any atom is -0.363 e. The van der Waals surface area contributed by atoms with Gasteiger partial charge in [-0.15, -0.1) is 0 Å². The number of fused-ring (bicyclic) bond motifs is 1. The van der Waals surface area contributed by atoms with E-state index in [4.69, 9.17) is 4.52 Å². The van der Waals surface area contributed by atoms with Crippen LogP contribution in [0.5, 0.6) is 0 Å². The molecule has 0 spiro atoms. The van der Waals surface area contributed by atoms with Gasteiger partial charge in [0.1, 0.15) is 11.8 Å². The summed E-state index contributed by atoms with van der Waals surface area (Å²) in [5, 5.41) is 12.6. The van der Waals surface area contributed by atoms with Crippen LogP contribution in [0.25, 0.3) is 10.9 Å². The van der Waals surface area contributed by atoms with E-state index in [0.29, 0.717) is 5.92 Å². The first-order valence-corrected chi connectivity index (χ1v) is 3.84. The molecule has 0 atom stereocenters. The van der Waals surface area contributed by atoms with Crippen molar-refractivity contribution in [1.29, 1.82) is 0 Å². The van der Waals surface area contributed by atoms with Crippen molar-refractivity contribution >= 4 is 10.9 Å². The zero-order valence-corrected chi connectivity index (χ0v) is 6.98. The lowest BCUT2D eigenvalue weighted by Gasteiger charge is -2.01. The zero-order valence-electron chi connectivity index (χ0n) is 6.98. The topological polar surface area (TPSA) is 51.8 Å². The van der Waals surface area contributed by atoms with Crippen LogP contribution in [-0.4, -0.2) is 15.4 Å². The van der Waals surface area contributed by atoms with Gasteiger partial charge in [-0.05, 0) is 5.92 Å². The Bertz CT molecular complexity index is 394. The van der Waals surface area contributed by atoms with Crippen molar-refractivity contribution in [1.82, 2.24) is 15.4 Å². The first kappa shape index (κ1) is 7.21. The minimum absolute atomic E-state index is 0.348. The third-order valence-electron chi connectivity index (χ3n) is 1.77. The van der Waals surface area contributed by atoms with Crippen molar-refractivity contribution in [3.05, 3.63) is 18.2 Å². The molecule has 2 aromatic rings. The largest absolute Gasteiger partial charge is 0.363 e. The Morgan fingerprint density at radius 3 is 3.00 bits per heavy atom. The van der Waals surface area contributed by atoms with Crippen LogP contribution in [0.1, 0.15) is 25.5 Å². The van der Waals surface area contributed by atoms with Crippen LogP contribution in [0.3, 0.4) is 0 Å². The fourth-order valence-electron chi connectivity index (χ4n) is 1.16. The number of hydrogen-bond acceptors (Lipinski definition) is 4. The number of nitrogens with zero attached hydrogens (tertiary/aromatic N) is 3. The van der Waals surface area contributed by atoms with Crippen molar-refractivity contribution in [2.45, 2.75) is 19.8 Å². The van der Waals surface area contributed by atoms with Crippen LogP contribution in [-0.2, 0) is 0 Å². The lowest BCUT2D eigenvalue weighted by atomic mass is 10.1. The molecule has 2 heterocycles. The molecule has 0 saturated carbocycles. The van der Waals surface area contributed by atoms with Gasteiger partial charge in [-0.1, -0.05) is 19.0 Å². The van der Waals surface area contributed by atoms with Crippen LogP contribution in [0, 0.1) is 0 Å². The molecule has 2 rings (SSSR count). The Hall–Kier alpha value is -1.45. The normalized spacial score (nSPS) is 11.2. The van der Waals surface area contributed by atoms with Gasteiger partial charge in [-0.2, -0.15) is 10.2 Å². The summed E-state index contributed by atoms with van der Waals surface area (Å²) >= 11 is 0. The van der Waals surface area contributed by atoms with Crippen molar-refractivity contribution in [2.24, 2.45) is 0 Å². The van der Waals surface area contributed by atoms with Crippen molar-refractivity contribution in [3.8, 4) is 0 Å². The molecule has 2 aromatic heterocycles. The Labute approximate surface area is 69.6 Å². The number of aromatic nitrogens is 3. The lowest BCUT2D eigenvalue weighted by molar-refractivity contribution is 0.428. The fourth-order valence-corrected chi connectivity index (χ4v) is 1.16. The van der Waals surface area contributed by atoms with Gasteiger partial charge in [-0.25, -0.2) is 0 Å². The molecule has 0 aromatic carbocycles. The van der Waals surface area contributed by atoms with Crippen LogP contribution in [0.4, 0.5) is 0 Å². The van der Waals surface area contributed by atoms with Crippen molar-refractivity contribution in [2.75, 3.05) is 0 Å². The third kappa shape index (κ3) is 0.958. The monoisotopic (exact) mass is 163 g/mol. The summed E-state index contributed by atoms with van der Waals surface area (Å²) in [6, 6.07) is 0. The molecule has 0 aliphatic rings. The van der Waals surface area contributed by atoms with Crippen molar-refractivity contribution < 1.29 is 4.52 Å². The van der Waals surface area contributed by atoms with Gasteiger partial charge < -0.3 is 4.52 Å². The van der Waals surface area contributed by atoms with E-state index in [0.717, 1.165) is 16.6 Å². The summed E-state index contributed by atoms with van der Waals surface area (Å²) in [6.07, 6.45) is 3.21. The molecule has 0 amide bonds. The van der Waals surface area contributed by atoms with Gasteiger partial charge in [-0.3, -0.25) is 0 Å². The molecule has 0 aliphatic carbocycles. The predicted molar refractivity (Wildman–Crippen MR) is 43.7 cm³/mol. The quantitative estimate of drug-likeness (QED) is 0.642. The van der Waals surface area contributed by atoms with E-state index < -0.39 is 0 Å². The number of rotatable bonds is 1. The van der Waals surface area contributed by atoms with Gasteiger partial charge in [0.05, 0.1) is 17.3 Å². The third-order valence-corrected chi connectivity index (χ3v) is 1.77. The second-order valence-electron chi connectivity index (χ2n) is 3.00. The molecule has 0 radical (unpaired) electrons. The summed E-state index contributed by atoms with van der Waals surface area (Å²) < 4.78 is 4.83. The molecule has 0 bridgehead atoms. The first-order valence-electron chi connectivity index (χ1n) is 3.84. The molecule has 62 valence electrons. The number of hydrogen-bond donors (Lipinski definition) is 0. The average Bonchev–Trinajstić information content (AvgIpc) is 2.49. The smallest absolute Gasteiger partial charge is 0.135 e. The summed E-state index contributed by atoms with van der Waals surface area (Å²) in [7, 11) is 0. The summed E-state index contributed by atoms with van der Waals surface area (Å²) in [5.41, 5.74) is 1.71. The van der Waals surface area contributed by atoms with E-state index in [2.05, 4.69) is 29.2 Å². The van der Waals surface area contributed by atoms with Gasteiger partial charge in [0.2, 0.25) is 0 Å². The maximum Gasteiger partial charge on any atom is 0.135 e. The van der Waals surface area contributed by atoms with Gasteiger partial charge >= 0.3 is 0 Å². The minimum atomic E-state index is 0.348. The van der Waals surface area contributed by atoms with E-state index in [1.54, 1.807) is 12.5 Å². The van der Waals surface area contributed by atoms with E-state index in [-0.39, 0.29) is 0 Å². The Balaban J connectivity index is 2.73. The Morgan fingerprint density at radius 1 is 1.42 bits per heavy atom. The predicted octanol–water partition coefficient (Wildman–Crippen LogP) is 1.74. The molecule has 0 unspecified atom stereocenters. The van der Waals surface area contributed by atoms with Gasteiger partial charge in [0.15, 0.2) is 0 Å². The van der Waals surface area contributed by atoms with Crippen LogP contribution < -0.4 is 0 Å². The highest BCUT2D eigenvalue weighted by atomic mass is 16.5. The maximum absolute atomic E-state index is 4.83. The zero-order chi connectivity index (χ0) is 8.55. The first-order chi connectivity index (χ1) is 5.79. The average molecular weight is 163 g/mol. The molecule has 0 saturated heterocycles. The Kier molecular flexibility index (Phi) is 1.53. The second-order valence-corrected chi connectivity index (χ2v) is 3.00. The van der Waals surface area contributed by atoms with E-state index in [1.165, 1.54) is 0 Å². The lowest BCUT2D eigenvalue weighted by Crippen LogP contribution is -1.94. The summed E-state index contributed by atoms with van der Waals surface area (Å²) in [4.78, 5) is 0. The van der Waals surface area contributed by atoms with E-state index in [9.17, 15) is 0 Å². The molecule has 4 heteroatoms. The fraction of sp³-hybridized carbons (Fsp3) is 0.375. The van der Waals surface area contributed by atoms with Gasteiger partial charge in [0.25, 0.3) is 0 Å². The molecule has 0 aliphatic heterocycles. The molecule has 12 heavy (non-hydrogen) atoms. The second kappa shape index (κ2) is 2.55. The highest BCUT2D eigenvalue weighted by molar-refractivity contribution is 5.78. The molecule has 0 fully saturated rings. The van der Waals surface area contributed by atoms with Crippen LogP contribution in [0.2, 0.25) is 0 Å². The highest BCUT2D eigenvalue weighted by Crippen LogP contribution is 2.20. The van der Waals surface area contributed by atoms with Gasteiger partial charge in [0, 0.05) is 0 Å². The van der Waals surface area contributed by atoms with E-state index >= 15 is 0 Å². The summed E-state index contributed by atoms with van der Waals surface area (Å²) in [6.45, 7) is 4.13. The molecular weight excluding hydrogens is 154 g/mol. The maximum atomic E-state index is 4.83. The highest BCUT2D eigenvalue weighted by Gasteiger charge is 2.09. The standard InChI is InChI=1S/C8H9N3O/c1-5(2)8-6-4-12-11-7(6)3-9-10-8/h3-5H,1-2H3. The van der Waals surface area contributed by atoms with Crippen LogP contribution >= 0.6 is 0 Å². The Morgan fingerprint density at radius 2 is 2.25 bits per heavy atom. The van der Waals surface area contributed by atoms with Crippen molar-refractivity contribution in [3.63, 3.8) is 0 Å². The van der Waals surface area contributed by atoms with E-state index in [1.807, 2.05) is 0 Å². The summed E-state index contributed by atoms with van der Waals surface area (Å²) in [5.74, 6) is 0.348. The molecular formula is C8H9N3O. The SMILES string of the molecule is CC(C)c1nncc2nocc12. The van der Waals surface area contributed by atoms with Crippen LogP contribution in [0.15, 0.2) is 17.0 Å². The molecule has 0 N–H and O–H groups in total.